The molecule has 0 aromatic rings. The van der Waals surface area contributed by atoms with E-state index < -0.39 is 16.8 Å². The van der Waals surface area contributed by atoms with Crippen LogP contribution in [0.2, 0.25) is 0 Å². The third kappa shape index (κ3) is 7.50. The second kappa shape index (κ2) is 4.42. The second-order valence-electron chi connectivity index (χ2n) is 3.27. The van der Waals surface area contributed by atoms with Gasteiger partial charge in [0.1, 0.15) is 6.42 Å². The molecule has 1 N–H and O–H groups in total. The van der Waals surface area contributed by atoms with Crippen molar-refractivity contribution in [1.29, 1.82) is 0 Å². The number of carbonyl (C=O) groups is 2. The Labute approximate surface area is 76.2 Å². The number of halogens is 1. The standard InChI is InChI=1S/C7H12ClNO3/c1-7(2,3)12-9-6(11)4-5(8)10/h4H2,1-3H3,(H,9,11). The summed E-state index contributed by atoms with van der Waals surface area (Å²) < 4.78 is 0. The summed E-state index contributed by atoms with van der Waals surface area (Å²) in [5, 5.41) is -0.704. The van der Waals surface area contributed by atoms with E-state index >= 15 is 0 Å². The van der Waals surface area contributed by atoms with E-state index in [9.17, 15) is 9.59 Å². The zero-order valence-corrected chi connectivity index (χ0v) is 8.07. The van der Waals surface area contributed by atoms with Gasteiger partial charge in [-0.05, 0) is 32.4 Å². The predicted octanol–water partition coefficient (Wildman–Crippen LogP) is 0.988. The summed E-state index contributed by atoms with van der Waals surface area (Å²) in [5.74, 6) is -0.537. The highest BCUT2D eigenvalue weighted by atomic mass is 35.5. The number of amides is 1. The van der Waals surface area contributed by atoms with Crippen molar-refractivity contribution in [2.24, 2.45) is 0 Å². The summed E-state index contributed by atoms with van der Waals surface area (Å²) in [6, 6.07) is 0. The molecule has 0 fully saturated rings. The maximum absolute atomic E-state index is 10.8. The van der Waals surface area contributed by atoms with Gasteiger partial charge in [0, 0.05) is 0 Å². The van der Waals surface area contributed by atoms with Crippen LogP contribution in [0.3, 0.4) is 0 Å². The van der Waals surface area contributed by atoms with E-state index in [-0.39, 0.29) is 6.42 Å². The molecule has 0 spiro atoms. The van der Waals surface area contributed by atoms with Crippen LogP contribution in [0, 0.1) is 0 Å². The SMILES string of the molecule is CC(C)(C)ONC(=O)CC(=O)Cl. The Bertz CT molecular complexity index is 186. The molecular formula is C7H12ClNO3. The zero-order chi connectivity index (χ0) is 9.78. The fourth-order valence-electron chi connectivity index (χ4n) is 0.372. The van der Waals surface area contributed by atoms with E-state index in [1.807, 2.05) is 0 Å². The topological polar surface area (TPSA) is 55.4 Å². The lowest BCUT2D eigenvalue weighted by molar-refractivity contribution is -0.146. The predicted molar refractivity (Wildman–Crippen MR) is 44.5 cm³/mol. The van der Waals surface area contributed by atoms with E-state index in [4.69, 9.17) is 16.4 Å². The fraction of sp³-hybridized carbons (Fsp3) is 0.714. The van der Waals surface area contributed by atoms with E-state index in [2.05, 4.69) is 5.48 Å². The third-order valence-electron chi connectivity index (χ3n) is 0.771. The lowest BCUT2D eigenvalue weighted by Gasteiger charge is -2.18. The zero-order valence-electron chi connectivity index (χ0n) is 7.31. The number of hydroxylamine groups is 1. The number of rotatable bonds is 3. The van der Waals surface area contributed by atoms with Gasteiger partial charge in [-0.15, -0.1) is 0 Å². The first-order valence-electron chi connectivity index (χ1n) is 3.46. The van der Waals surface area contributed by atoms with Crippen LogP contribution in [0.25, 0.3) is 0 Å². The van der Waals surface area contributed by atoms with Crippen molar-refractivity contribution >= 4 is 22.8 Å². The molecule has 0 aliphatic heterocycles. The van der Waals surface area contributed by atoms with Crippen LogP contribution in [-0.2, 0) is 14.4 Å². The highest BCUT2D eigenvalue weighted by Gasteiger charge is 2.13. The summed E-state index contributed by atoms with van der Waals surface area (Å²) >= 11 is 4.97. The molecule has 0 aliphatic carbocycles. The van der Waals surface area contributed by atoms with Crippen LogP contribution in [-0.4, -0.2) is 16.8 Å². The van der Waals surface area contributed by atoms with Gasteiger partial charge in [-0.2, -0.15) is 0 Å². The van der Waals surface area contributed by atoms with Gasteiger partial charge < -0.3 is 0 Å². The minimum atomic E-state index is -0.704. The van der Waals surface area contributed by atoms with Gasteiger partial charge in [0.2, 0.25) is 5.24 Å². The summed E-state index contributed by atoms with van der Waals surface area (Å²) in [7, 11) is 0. The molecule has 0 radical (unpaired) electrons. The smallest absolute Gasteiger partial charge is 0.252 e. The van der Waals surface area contributed by atoms with Crippen molar-refractivity contribution in [1.82, 2.24) is 5.48 Å². The molecule has 0 heterocycles. The molecule has 70 valence electrons. The van der Waals surface area contributed by atoms with Crippen molar-refractivity contribution in [3.8, 4) is 0 Å². The van der Waals surface area contributed by atoms with Crippen molar-refractivity contribution < 1.29 is 14.4 Å². The number of nitrogens with one attached hydrogen (secondary N) is 1. The van der Waals surface area contributed by atoms with Crippen molar-refractivity contribution in [2.75, 3.05) is 0 Å². The van der Waals surface area contributed by atoms with Gasteiger partial charge >= 0.3 is 0 Å². The minimum absolute atomic E-state index is 0.363. The van der Waals surface area contributed by atoms with E-state index in [1.54, 1.807) is 20.8 Å². The number of carbonyl (C=O) groups excluding carboxylic acids is 2. The Hall–Kier alpha value is -0.610. The molecule has 1 amide bonds. The van der Waals surface area contributed by atoms with Crippen LogP contribution in [0.15, 0.2) is 0 Å². The highest BCUT2D eigenvalue weighted by molar-refractivity contribution is 6.64. The van der Waals surface area contributed by atoms with Crippen LogP contribution < -0.4 is 5.48 Å². The van der Waals surface area contributed by atoms with Gasteiger partial charge in [-0.25, -0.2) is 5.48 Å². The molecule has 0 saturated carbocycles. The van der Waals surface area contributed by atoms with Crippen LogP contribution in [0.1, 0.15) is 27.2 Å². The first kappa shape index (κ1) is 11.4. The third-order valence-corrected chi connectivity index (χ3v) is 0.904. The fourth-order valence-corrected chi connectivity index (χ4v) is 0.494. The van der Waals surface area contributed by atoms with E-state index in [1.165, 1.54) is 0 Å². The van der Waals surface area contributed by atoms with Crippen molar-refractivity contribution in [2.45, 2.75) is 32.8 Å². The average molecular weight is 194 g/mol. The normalized spacial score (nSPS) is 11.0. The Morgan fingerprint density at radius 1 is 1.42 bits per heavy atom. The summed E-state index contributed by atoms with van der Waals surface area (Å²) in [5.41, 5.74) is 1.64. The van der Waals surface area contributed by atoms with E-state index in [0.29, 0.717) is 0 Å². The number of hydrogen-bond donors (Lipinski definition) is 1. The molecule has 0 bridgehead atoms. The van der Waals surface area contributed by atoms with Crippen LogP contribution >= 0.6 is 11.6 Å². The maximum atomic E-state index is 10.8. The molecule has 0 aliphatic rings. The van der Waals surface area contributed by atoms with Gasteiger partial charge in [-0.1, -0.05) is 0 Å². The Morgan fingerprint density at radius 2 is 1.92 bits per heavy atom. The van der Waals surface area contributed by atoms with Gasteiger partial charge in [-0.3, -0.25) is 14.4 Å². The highest BCUT2D eigenvalue weighted by Crippen LogP contribution is 2.03. The molecule has 4 nitrogen and oxygen atoms in total. The Kier molecular flexibility index (Phi) is 4.20. The molecule has 0 saturated heterocycles. The monoisotopic (exact) mass is 193 g/mol. The van der Waals surface area contributed by atoms with Gasteiger partial charge in [0.05, 0.1) is 5.60 Å². The lowest BCUT2D eigenvalue weighted by atomic mass is 10.2. The molecule has 5 heteroatoms. The minimum Gasteiger partial charge on any atom is -0.281 e. The molecule has 0 aromatic heterocycles. The average Bonchev–Trinajstić information content (AvgIpc) is 1.80. The van der Waals surface area contributed by atoms with Crippen LogP contribution in [0.5, 0.6) is 0 Å². The Balaban J connectivity index is 3.65. The first-order valence-corrected chi connectivity index (χ1v) is 3.84. The first-order chi connectivity index (χ1) is 5.31. The number of hydrogen-bond acceptors (Lipinski definition) is 3. The maximum Gasteiger partial charge on any atom is 0.252 e. The van der Waals surface area contributed by atoms with Gasteiger partial charge in [0.25, 0.3) is 5.91 Å². The quantitative estimate of drug-likeness (QED) is 0.413. The summed E-state index contributed by atoms with van der Waals surface area (Å²) in [6.07, 6.45) is -0.363. The van der Waals surface area contributed by atoms with E-state index in [0.717, 1.165) is 0 Å². The van der Waals surface area contributed by atoms with Gasteiger partial charge in [0.15, 0.2) is 0 Å². The summed E-state index contributed by atoms with van der Waals surface area (Å²) in [6.45, 7) is 5.32. The molecular weight excluding hydrogens is 182 g/mol. The molecule has 0 unspecified atom stereocenters. The largest absolute Gasteiger partial charge is 0.281 e. The molecule has 0 atom stereocenters. The Morgan fingerprint density at radius 3 is 2.25 bits per heavy atom. The molecule has 0 rings (SSSR count). The second-order valence-corrected chi connectivity index (χ2v) is 3.69. The van der Waals surface area contributed by atoms with Crippen molar-refractivity contribution in [3.05, 3.63) is 0 Å². The van der Waals surface area contributed by atoms with Crippen molar-refractivity contribution in [3.63, 3.8) is 0 Å². The molecule has 12 heavy (non-hydrogen) atoms. The lowest BCUT2D eigenvalue weighted by Crippen LogP contribution is -2.34. The summed E-state index contributed by atoms with van der Waals surface area (Å²) in [4.78, 5) is 25.9. The van der Waals surface area contributed by atoms with Crippen LogP contribution in [0.4, 0.5) is 0 Å². The molecule has 0 aromatic carbocycles.